The van der Waals surface area contributed by atoms with Crippen LogP contribution in [0.3, 0.4) is 0 Å². The molecular weight excluding hydrogens is 242 g/mol. The van der Waals surface area contributed by atoms with Crippen LogP contribution in [0.15, 0.2) is 24.3 Å². The largest absolute Gasteiger partial charge is 0.493 e. The van der Waals surface area contributed by atoms with Gasteiger partial charge in [0.1, 0.15) is 5.75 Å². The van der Waals surface area contributed by atoms with Crippen molar-refractivity contribution in [3.8, 4) is 11.8 Å². The van der Waals surface area contributed by atoms with Crippen LogP contribution >= 0.6 is 0 Å². The highest BCUT2D eigenvalue weighted by atomic mass is 16.5. The van der Waals surface area contributed by atoms with Gasteiger partial charge >= 0.3 is 0 Å². The zero-order chi connectivity index (χ0) is 13.5. The number of nitriles is 1. The fourth-order valence-electron chi connectivity index (χ4n) is 1.98. The molecule has 1 saturated heterocycles. The topological polar surface area (TPSA) is 65.4 Å². The first-order valence-corrected chi connectivity index (χ1v) is 6.41. The highest BCUT2D eigenvalue weighted by molar-refractivity contribution is 5.76. The van der Waals surface area contributed by atoms with Gasteiger partial charge in [0.15, 0.2) is 0 Å². The van der Waals surface area contributed by atoms with Crippen molar-refractivity contribution in [1.82, 2.24) is 10.2 Å². The van der Waals surface area contributed by atoms with Gasteiger partial charge in [0, 0.05) is 26.2 Å². The number of hydrogen-bond acceptors (Lipinski definition) is 4. The van der Waals surface area contributed by atoms with Crippen molar-refractivity contribution < 1.29 is 9.53 Å². The average Bonchev–Trinajstić information content (AvgIpc) is 2.48. The Balaban J connectivity index is 1.76. The minimum Gasteiger partial charge on any atom is -0.493 e. The maximum Gasteiger partial charge on any atom is 0.226 e. The SMILES string of the molecule is N#Cc1cccc(OCCC(=O)N2CCNCC2)c1. The van der Waals surface area contributed by atoms with Crippen molar-refractivity contribution in [2.45, 2.75) is 6.42 Å². The van der Waals surface area contributed by atoms with Crippen LogP contribution in [0, 0.1) is 11.3 Å². The van der Waals surface area contributed by atoms with Gasteiger partial charge in [-0.1, -0.05) is 6.07 Å². The number of ether oxygens (including phenoxy) is 1. The molecule has 100 valence electrons. The molecule has 1 aliphatic rings. The van der Waals surface area contributed by atoms with Crippen LogP contribution in [0.1, 0.15) is 12.0 Å². The second-order valence-corrected chi connectivity index (χ2v) is 4.37. The monoisotopic (exact) mass is 259 g/mol. The standard InChI is InChI=1S/C14H17N3O2/c15-11-12-2-1-3-13(10-12)19-9-4-14(18)17-7-5-16-6-8-17/h1-3,10,16H,4-9H2. The summed E-state index contributed by atoms with van der Waals surface area (Å²) < 4.78 is 5.50. The third-order valence-corrected chi connectivity index (χ3v) is 3.02. The molecule has 5 heteroatoms. The Kier molecular flexibility index (Phi) is 4.76. The number of carbonyl (C=O) groups is 1. The van der Waals surface area contributed by atoms with Gasteiger partial charge in [0.25, 0.3) is 0 Å². The molecule has 0 radical (unpaired) electrons. The van der Waals surface area contributed by atoms with Crippen LogP contribution in [0.5, 0.6) is 5.75 Å². The van der Waals surface area contributed by atoms with Crippen LogP contribution in [-0.4, -0.2) is 43.6 Å². The Morgan fingerprint density at radius 3 is 2.95 bits per heavy atom. The fourth-order valence-corrected chi connectivity index (χ4v) is 1.98. The predicted octanol–water partition coefficient (Wildman–Crippen LogP) is 0.759. The quantitative estimate of drug-likeness (QED) is 0.867. The summed E-state index contributed by atoms with van der Waals surface area (Å²) in [4.78, 5) is 13.7. The summed E-state index contributed by atoms with van der Waals surface area (Å²) >= 11 is 0. The lowest BCUT2D eigenvalue weighted by atomic mass is 10.2. The van der Waals surface area contributed by atoms with Crippen LogP contribution in [0.2, 0.25) is 0 Å². The molecule has 0 bridgehead atoms. The van der Waals surface area contributed by atoms with E-state index in [0.717, 1.165) is 26.2 Å². The van der Waals surface area contributed by atoms with Gasteiger partial charge in [-0.05, 0) is 18.2 Å². The minimum absolute atomic E-state index is 0.123. The first-order valence-electron chi connectivity index (χ1n) is 6.41. The molecule has 0 aliphatic carbocycles. The zero-order valence-electron chi connectivity index (χ0n) is 10.8. The first kappa shape index (κ1) is 13.4. The fraction of sp³-hybridized carbons (Fsp3) is 0.429. The molecular formula is C14H17N3O2. The second-order valence-electron chi connectivity index (χ2n) is 4.37. The van der Waals surface area contributed by atoms with E-state index in [4.69, 9.17) is 10.00 Å². The van der Waals surface area contributed by atoms with E-state index in [-0.39, 0.29) is 5.91 Å². The molecule has 1 amide bonds. The molecule has 1 aromatic carbocycles. The van der Waals surface area contributed by atoms with E-state index >= 15 is 0 Å². The number of nitrogens with one attached hydrogen (secondary N) is 1. The van der Waals surface area contributed by atoms with E-state index < -0.39 is 0 Å². The molecule has 1 fully saturated rings. The summed E-state index contributed by atoms with van der Waals surface area (Å²) in [6, 6.07) is 9.01. The lowest BCUT2D eigenvalue weighted by Crippen LogP contribution is -2.46. The lowest BCUT2D eigenvalue weighted by molar-refractivity contribution is -0.132. The Bertz CT molecular complexity index is 476. The van der Waals surface area contributed by atoms with E-state index in [1.165, 1.54) is 0 Å². The molecule has 2 rings (SSSR count). The Labute approximate surface area is 112 Å². The Morgan fingerprint density at radius 1 is 1.42 bits per heavy atom. The Hall–Kier alpha value is -2.06. The molecule has 0 atom stereocenters. The van der Waals surface area contributed by atoms with E-state index in [1.807, 2.05) is 4.90 Å². The highest BCUT2D eigenvalue weighted by Crippen LogP contribution is 2.12. The van der Waals surface area contributed by atoms with E-state index in [9.17, 15) is 4.79 Å². The maximum absolute atomic E-state index is 11.9. The van der Waals surface area contributed by atoms with Gasteiger partial charge in [-0.15, -0.1) is 0 Å². The van der Waals surface area contributed by atoms with Gasteiger partial charge in [-0.3, -0.25) is 4.79 Å². The minimum atomic E-state index is 0.123. The van der Waals surface area contributed by atoms with E-state index in [1.54, 1.807) is 24.3 Å². The third kappa shape index (κ3) is 3.97. The number of piperazine rings is 1. The number of rotatable bonds is 4. The molecule has 0 saturated carbocycles. The molecule has 1 aromatic rings. The third-order valence-electron chi connectivity index (χ3n) is 3.02. The second kappa shape index (κ2) is 6.76. The summed E-state index contributed by atoms with van der Waals surface area (Å²) in [5.74, 6) is 0.755. The molecule has 0 spiro atoms. The predicted molar refractivity (Wildman–Crippen MR) is 70.7 cm³/mol. The van der Waals surface area contributed by atoms with Crippen LogP contribution < -0.4 is 10.1 Å². The van der Waals surface area contributed by atoms with Crippen LogP contribution in [0.4, 0.5) is 0 Å². The van der Waals surface area contributed by atoms with E-state index in [2.05, 4.69) is 11.4 Å². The normalized spacial score (nSPS) is 14.8. The van der Waals surface area contributed by atoms with Gasteiger partial charge in [-0.25, -0.2) is 0 Å². The van der Waals surface area contributed by atoms with Crippen molar-refractivity contribution >= 4 is 5.91 Å². The Morgan fingerprint density at radius 2 is 2.21 bits per heavy atom. The molecule has 1 N–H and O–H groups in total. The summed E-state index contributed by atoms with van der Waals surface area (Å²) in [6.07, 6.45) is 0.372. The smallest absolute Gasteiger partial charge is 0.226 e. The molecule has 0 aromatic heterocycles. The van der Waals surface area contributed by atoms with Crippen LogP contribution in [0.25, 0.3) is 0 Å². The van der Waals surface area contributed by atoms with Crippen molar-refractivity contribution in [3.05, 3.63) is 29.8 Å². The summed E-state index contributed by atoms with van der Waals surface area (Å²) in [5.41, 5.74) is 0.561. The summed E-state index contributed by atoms with van der Waals surface area (Å²) in [6.45, 7) is 3.59. The highest BCUT2D eigenvalue weighted by Gasteiger charge is 2.15. The van der Waals surface area contributed by atoms with Gasteiger partial charge in [0.05, 0.1) is 24.7 Å². The lowest BCUT2D eigenvalue weighted by Gasteiger charge is -2.27. The number of carbonyl (C=O) groups excluding carboxylic acids is 1. The van der Waals surface area contributed by atoms with Gasteiger partial charge < -0.3 is 15.0 Å². The van der Waals surface area contributed by atoms with Gasteiger partial charge in [-0.2, -0.15) is 5.26 Å². The van der Waals surface area contributed by atoms with Gasteiger partial charge in [0.2, 0.25) is 5.91 Å². The molecule has 5 nitrogen and oxygen atoms in total. The maximum atomic E-state index is 11.9. The first-order chi connectivity index (χ1) is 9.29. The summed E-state index contributed by atoms with van der Waals surface area (Å²) in [5, 5.41) is 12.0. The number of benzene rings is 1. The molecule has 1 heterocycles. The van der Waals surface area contributed by atoms with E-state index in [0.29, 0.717) is 24.3 Å². The van der Waals surface area contributed by atoms with Crippen molar-refractivity contribution in [2.75, 3.05) is 32.8 Å². The average molecular weight is 259 g/mol. The van der Waals surface area contributed by atoms with Crippen LogP contribution in [-0.2, 0) is 4.79 Å². The molecule has 19 heavy (non-hydrogen) atoms. The molecule has 0 unspecified atom stereocenters. The van der Waals surface area contributed by atoms with Crippen molar-refractivity contribution in [3.63, 3.8) is 0 Å². The number of hydrogen-bond donors (Lipinski definition) is 1. The number of amides is 1. The van der Waals surface area contributed by atoms with Crippen molar-refractivity contribution in [1.29, 1.82) is 5.26 Å². The molecule has 1 aliphatic heterocycles. The van der Waals surface area contributed by atoms with Crippen molar-refractivity contribution in [2.24, 2.45) is 0 Å². The summed E-state index contributed by atoms with van der Waals surface area (Å²) in [7, 11) is 0. The number of nitrogens with zero attached hydrogens (tertiary/aromatic N) is 2. The zero-order valence-corrected chi connectivity index (χ0v) is 10.8.